The molecule has 6 heteroatoms. The zero-order valence-corrected chi connectivity index (χ0v) is 17.4. The molecule has 2 heterocycles. The Morgan fingerprint density at radius 2 is 1.86 bits per heavy atom. The van der Waals surface area contributed by atoms with Gasteiger partial charge in [-0.1, -0.05) is 6.07 Å². The minimum atomic E-state index is -0.257. The quantitative estimate of drug-likeness (QED) is 0.853. The molecule has 5 fully saturated rings. The minimum Gasteiger partial charge on any atom is -0.355 e. The smallest absolute Gasteiger partial charge is 0.228 e. The third-order valence-corrected chi connectivity index (χ3v) is 7.71. The van der Waals surface area contributed by atoms with E-state index in [2.05, 4.69) is 20.1 Å². The Labute approximate surface area is 173 Å². The standard InChI is InChI=1S/C23H32N4O2/c1-17(28)25-23-14-18-11-19(15-23)13-22(12-18,16-23)21(29)27-8-4-7-26(9-10-27)20-5-2-3-6-24-20/h2-3,5-6,18-19H,4,7-16H2,1H3,(H,25,28). The first kappa shape index (κ1) is 18.9. The van der Waals surface area contributed by atoms with Gasteiger partial charge in [0.2, 0.25) is 11.8 Å². The first-order chi connectivity index (χ1) is 14.0. The van der Waals surface area contributed by atoms with Crippen LogP contribution in [-0.2, 0) is 9.59 Å². The molecule has 1 N–H and O–H groups in total. The molecule has 0 radical (unpaired) electrons. The van der Waals surface area contributed by atoms with Crippen molar-refractivity contribution in [2.24, 2.45) is 17.3 Å². The molecule has 1 saturated heterocycles. The highest BCUT2D eigenvalue weighted by Gasteiger charge is 2.61. The molecule has 5 aliphatic rings. The SMILES string of the molecule is CC(=O)NC12CC3CC(C1)CC(C(=O)N1CCCN(c4ccccn4)CC1)(C3)C2. The van der Waals surface area contributed by atoms with Crippen LogP contribution in [0.1, 0.15) is 51.9 Å². The van der Waals surface area contributed by atoms with Gasteiger partial charge in [0.1, 0.15) is 5.82 Å². The summed E-state index contributed by atoms with van der Waals surface area (Å²) in [7, 11) is 0. The summed E-state index contributed by atoms with van der Waals surface area (Å²) in [6.07, 6.45) is 9.04. The molecular weight excluding hydrogens is 364 g/mol. The number of pyridine rings is 1. The van der Waals surface area contributed by atoms with Gasteiger partial charge in [0.25, 0.3) is 0 Å². The Morgan fingerprint density at radius 1 is 1.07 bits per heavy atom. The third kappa shape index (κ3) is 3.40. The predicted octanol–water partition coefficient (Wildman–Crippen LogP) is 2.60. The van der Waals surface area contributed by atoms with Crippen LogP contribution in [0.2, 0.25) is 0 Å². The third-order valence-electron chi connectivity index (χ3n) is 7.71. The number of hydrogen-bond acceptors (Lipinski definition) is 4. The second-order valence-electron chi connectivity index (χ2n) is 10.0. The van der Waals surface area contributed by atoms with Crippen LogP contribution in [0.15, 0.2) is 24.4 Å². The van der Waals surface area contributed by atoms with E-state index in [-0.39, 0.29) is 16.9 Å². The van der Waals surface area contributed by atoms with Crippen LogP contribution in [0.4, 0.5) is 5.82 Å². The van der Waals surface area contributed by atoms with Gasteiger partial charge in [-0.3, -0.25) is 9.59 Å². The highest BCUT2D eigenvalue weighted by atomic mass is 16.2. The number of rotatable bonds is 3. The lowest BCUT2D eigenvalue weighted by Gasteiger charge is -2.61. The van der Waals surface area contributed by atoms with Crippen molar-refractivity contribution in [3.05, 3.63) is 24.4 Å². The highest BCUT2D eigenvalue weighted by molar-refractivity contribution is 5.84. The van der Waals surface area contributed by atoms with E-state index >= 15 is 0 Å². The number of hydrogen-bond donors (Lipinski definition) is 1. The van der Waals surface area contributed by atoms with Crippen LogP contribution in [0, 0.1) is 17.3 Å². The summed E-state index contributed by atoms with van der Waals surface area (Å²) in [6, 6.07) is 6.01. The number of aromatic nitrogens is 1. The lowest BCUT2D eigenvalue weighted by molar-refractivity contribution is -0.163. The van der Waals surface area contributed by atoms with E-state index in [1.165, 1.54) is 6.42 Å². The van der Waals surface area contributed by atoms with E-state index in [1.54, 1.807) is 6.92 Å². The van der Waals surface area contributed by atoms with Gasteiger partial charge in [0.15, 0.2) is 0 Å². The largest absolute Gasteiger partial charge is 0.355 e. The second kappa shape index (κ2) is 6.99. The predicted molar refractivity (Wildman–Crippen MR) is 111 cm³/mol. The summed E-state index contributed by atoms with van der Waals surface area (Å²) in [5.74, 6) is 2.58. The van der Waals surface area contributed by atoms with Gasteiger partial charge in [0.05, 0.1) is 5.41 Å². The fourth-order valence-corrected chi connectivity index (χ4v) is 7.26. The molecule has 2 amide bonds. The summed E-state index contributed by atoms with van der Waals surface area (Å²) in [5.41, 5.74) is -0.399. The average Bonchev–Trinajstić information content (AvgIpc) is 2.92. The molecule has 2 unspecified atom stereocenters. The Hall–Kier alpha value is -2.11. The molecule has 0 spiro atoms. The monoisotopic (exact) mass is 396 g/mol. The normalized spacial score (nSPS) is 36.0. The van der Waals surface area contributed by atoms with Gasteiger partial charge in [-0.15, -0.1) is 0 Å². The van der Waals surface area contributed by atoms with E-state index in [0.29, 0.717) is 17.7 Å². The number of carbonyl (C=O) groups is 2. The maximum absolute atomic E-state index is 13.9. The maximum Gasteiger partial charge on any atom is 0.228 e. The zero-order valence-electron chi connectivity index (χ0n) is 17.4. The topological polar surface area (TPSA) is 65.5 Å². The number of amides is 2. The van der Waals surface area contributed by atoms with Crippen LogP contribution >= 0.6 is 0 Å². The van der Waals surface area contributed by atoms with Crippen molar-refractivity contribution in [2.45, 2.75) is 57.4 Å². The molecule has 2 atom stereocenters. The van der Waals surface area contributed by atoms with E-state index in [9.17, 15) is 9.59 Å². The fraction of sp³-hybridized carbons (Fsp3) is 0.696. The van der Waals surface area contributed by atoms with Crippen molar-refractivity contribution in [1.82, 2.24) is 15.2 Å². The van der Waals surface area contributed by atoms with E-state index in [1.807, 2.05) is 24.4 Å². The molecule has 4 saturated carbocycles. The molecule has 4 aliphatic carbocycles. The number of nitrogens with one attached hydrogen (secondary N) is 1. The van der Waals surface area contributed by atoms with Crippen LogP contribution < -0.4 is 10.2 Å². The van der Waals surface area contributed by atoms with Crippen LogP contribution in [0.3, 0.4) is 0 Å². The van der Waals surface area contributed by atoms with E-state index < -0.39 is 0 Å². The molecule has 6 rings (SSSR count). The fourth-order valence-electron chi connectivity index (χ4n) is 7.26. The van der Waals surface area contributed by atoms with Gasteiger partial charge in [-0.05, 0) is 68.9 Å². The van der Waals surface area contributed by atoms with Crippen molar-refractivity contribution >= 4 is 17.6 Å². The first-order valence-electron chi connectivity index (χ1n) is 11.2. The summed E-state index contributed by atoms with van der Waals surface area (Å²) >= 11 is 0. The summed E-state index contributed by atoms with van der Waals surface area (Å²) < 4.78 is 0. The first-order valence-corrected chi connectivity index (χ1v) is 11.2. The molecule has 156 valence electrons. The number of anilines is 1. The van der Waals surface area contributed by atoms with Crippen molar-refractivity contribution in [3.8, 4) is 0 Å². The van der Waals surface area contributed by atoms with E-state index in [4.69, 9.17) is 0 Å². The Morgan fingerprint density at radius 3 is 2.55 bits per heavy atom. The van der Waals surface area contributed by atoms with Gasteiger partial charge < -0.3 is 15.1 Å². The molecule has 1 aromatic heterocycles. The van der Waals surface area contributed by atoms with Crippen LogP contribution in [0.5, 0.6) is 0 Å². The summed E-state index contributed by atoms with van der Waals surface area (Å²) in [6.45, 7) is 4.98. The van der Waals surface area contributed by atoms with Crippen molar-refractivity contribution < 1.29 is 9.59 Å². The molecule has 6 nitrogen and oxygen atoms in total. The summed E-state index contributed by atoms with van der Waals surface area (Å²) in [4.78, 5) is 34.7. The zero-order chi connectivity index (χ0) is 20.1. The van der Waals surface area contributed by atoms with Gasteiger partial charge >= 0.3 is 0 Å². The van der Waals surface area contributed by atoms with Crippen LogP contribution in [-0.4, -0.2) is 53.4 Å². The molecule has 1 aromatic rings. The minimum absolute atomic E-state index is 0.0512. The van der Waals surface area contributed by atoms with Crippen LogP contribution in [0.25, 0.3) is 0 Å². The number of carbonyl (C=O) groups excluding carboxylic acids is 2. The maximum atomic E-state index is 13.9. The molecule has 1 aliphatic heterocycles. The van der Waals surface area contributed by atoms with E-state index in [0.717, 1.165) is 70.5 Å². The van der Waals surface area contributed by atoms with Gasteiger partial charge in [0, 0.05) is 44.8 Å². The highest BCUT2D eigenvalue weighted by Crippen LogP contribution is 2.62. The average molecular weight is 397 g/mol. The Bertz CT molecular complexity index is 781. The van der Waals surface area contributed by atoms with Gasteiger partial charge in [-0.2, -0.15) is 0 Å². The van der Waals surface area contributed by atoms with Crippen molar-refractivity contribution in [3.63, 3.8) is 0 Å². The van der Waals surface area contributed by atoms with Crippen molar-refractivity contribution in [1.29, 1.82) is 0 Å². The Kier molecular flexibility index (Phi) is 4.56. The lowest BCUT2D eigenvalue weighted by Crippen LogP contribution is -2.66. The van der Waals surface area contributed by atoms with Crippen molar-refractivity contribution in [2.75, 3.05) is 31.1 Å². The molecular formula is C23H32N4O2. The Balaban J connectivity index is 1.33. The second-order valence-corrected chi connectivity index (χ2v) is 10.0. The summed E-state index contributed by atoms with van der Waals surface area (Å²) in [5, 5.41) is 3.28. The molecule has 0 aromatic carbocycles. The number of nitrogens with zero attached hydrogens (tertiary/aromatic N) is 3. The molecule has 29 heavy (non-hydrogen) atoms. The van der Waals surface area contributed by atoms with Gasteiger partial charge in [-0.25, -0.2) is 4.98 Å². The lowest BCUT2D eigenvalue weighted by atomic mass is 9.46. The molecule has 4 bridgehead atoms.